The number of allylic oxidation sites excluding steroid dienone is 1. The lowest BCUT2D eigenvalue weighted by Crippen LogP contribution is -2.30. The molecule has 2 rings (SSSR count). The lowest BCUT2D eigenvalue weighted by atomic mass is 9.85. The summed E-state index contributed by atoms with van der Waals surface area (Å²) in [4.78, 5) is 0. The average molecular weight is 297 g/mol. The molecule has 0 saturated heterocycles. The second kappa shape index (κ2) is 5.23. The van der Waals surface area contributed by atoms with Gasteiger partial charge < -0.3 is 9.84 Å². The van der Waals surface area contributed by atoms with Gasteiger partial charge >= 0.3 is 0 Å². The molecule has 0 aliphatic heterocycles. The van der Waals surface area contributed by atoms with Crippen molar-refractivity contribution in [1.29, 1.82) is 0 Å². The predicted octanol–water partition coefficient (Wildman–Crippen LogP) is 3.47. The van der Waals surface area contributed by atoms with Gasteiger partial charge in [0.05, 0.1) is 12.7 Å². The van der Waals surface area contributed by atoms with E-state index < -0.39 is 5.60 Å². The number of methoxy groups -OCH3 is 1. The summed E-state index contributed by atoms with van der Waals surface area (Å²) in [6, 6.07) is 5.85. The van der Waals surface area contributed by atoms with Crippen molar-refractivity contribution in [2.24, 2.45) is 0 Å². The summed E-state index contributed by atoms with van der Waals surface area (Å²) in [7, 11) is 1.66. The fourth-order valence-electron chi connectivity index (χ4n) is 2.20. The molecule has 0 spiro atoms. The van der Waals surface area contributed by atoms with Gasteiger partial charge in [0.15, 0.2) is 0 Å². The van der Waals surface area contributed by atoms with E-state index >= 15 is 0 Å². The molecule has 1 aliphatic carbocycles. The summed E-state index contributed by atoms with van der Waals surface area (Å²) < 4.78 is 6.23. The van der Waals surface area contributed by atoms with Crippen molar-refractivity contribution in [2.75, 3.05) is 7.11 Å². The third-order valence-corrected chi connectivity index (χ3v) is 3.93. The van der Waals surface area contributed by atoms with E-state index in [1.54, 1.807) is 7.11 Å². The Bertz CT molecular complexity index is 428. The van der Waals surface area contributed by atoms with Gasteiger partial charge in [-0.15, -0.1) is 0 Å². The predicted molar refractivity (Wildman–Crippen MR) is 72.3 cm³/mol. The topological polar surface area (TPSA) is 29.5 Å². The maximum absolute atomic E-state index is 10.5. The largest absolute Gasteiger partial charge is 0.497 e. The minimum Gasteiger partial charge on any atom is -0.497 e. The zero-order valence-electron chi connectivity index (χ0n) is 9.95. The third-order valence-electron chi connectivity index (χ3n) is 3.16. The van der Waals surface area contributed by atoms with Gasteiger partial charge in [-0.1, -0.05) is 28.1 Å². The molecule has 2 nitrogen and oxygen atoms in total. The van der Waals surface area contributed by atoms with Gasteiger partial charge in [0.25, 0.3) is 0 Å². The Hall–Kier alpha value is -0.800. The molecule has 0 amide bonds. The Balaban J connectivity index is 2.22. The number of aliphatic hydroxyl groups is 1. The Morgan fingerprint density at radius 1 is 1.47 bits per heavy atom. The molecule has 0 aromatic heterocycles. The van der Waals surface area contributed by atoms with E-state index in [2.05, 4.69) is 22.0 Å². The number of ether oxygens (including phenoxy) is 1. The highest BCUT2D eigenvalue weighted by Crippen LogP contribution is 2.31. The summed E-state index contributed by atoms with van der Waals surface area (Å²) in [6.45, 7) is 0. The van der Waals surface area contributed by atoms with Gasteiger partial charge in [-0.2, -0.15) is 0 Å². The summed E-state index contributed by atoms with van der Waals surface area (Å²) >= 11 is 3.52. The van der Waals surface area contributed by atoms with Gasteiger partial charge in [0.1, 0.15) is 5.75 Å². The summed E-state index contributed by atoms with van der Waals surface area (Å²) in [5.74, 6) is 0.826. The molecular weight excluding hydrogens is 280 g/mol. The standard InChI is InChI=1S/C14H17BrO2/c1-17-12-5-6-13(15)11(9-12)10-14(16)7-3-2-4-8-14/h3,5-7,9,16H,2,4,8,10H2,1H3. The van der Waals surface area contributed by atoms with Crippen LogP contribution < -0.4 is 4.74 Å². The van der Waals surface area contributed by atoms with Crippen LogP contribution in [-0.4, -0.2) is 17.8 Å². The zero-order valence-corrected chi connectivity index (χ0v) is 11.5. The Morgan fingerprint density at radius 2 is 2.29 bits per heavy atom. The molecule has 3 heteroatoms. The van der Waals surface area contributed by atoms with Crippen LogP contribution in [0.5, 0.6) is 5.75 Å². The maximum Gasteiger partial charge on any atom is 0.119 e. The van der Waals surface area contributed by atoms with E-state index in [4.69, 9.17) is 4.74 Å². The van der Waals surface area contributed by atoms with Gasteiger partial charge in [-0.3, -0.25) is 0 Å². The van der Waals surface area contributed by atoms with Crippen LogP contribution in [0.1, 0.15) is 24.8 Å². The van der Waals surface area contributed by atoms with E-state index in [1.807, 2.05) is 24.3 Å². The lowest BCUT2D eigenvalue weighted by Gasteiger charge is -2.28. The first-order valence-electron chi connectivity index (χ1n) is 5.85. The highest BCUT2D eigenvalue weighted by molar-refractivity contribution is 9.10. The van der Waals surface area contributed by atoms with Crippen LogP contribution >= 0.6 is 15.9 Å². The fourth-order valence-corrected chi connectivity index (χ4v) is 2.59. The number of hydrogen-bond donors (Lipinski definition) is 1. The third kappa shape index (κ3) is 3.11. The summed E-state index contributed by atoms with van der Waals surface area (Å²) in [6.07, 6.45) is 7.57. The molecule has 1 unspecified atom stereocenters. The second-order valence-electron chi connectivity index (χ2n) is 4.53. The molecule has 0 radical (unpaired) electrons. The molecule has 92 valence electrons. The van der Waals surface area contributed by atoms with Crippen LogP contribution in [0.4, 0.5) is 0 Å². The number of hydrogen-bond acceptors (Lipinski definition) is 2. The quantitative estimate of drug-likeness (QED) is 0.866. The first-order valence-corrected chi connectivity index (χ1v) is 6.65. The van der Waals surface area contributed by atoms with E-state index in [1.165, 1.54) is 0 Å². The lowest BCUT2D eigenvalue weighted by molar-refractivity contribution is 0.0749. The van der Waals surface area contributed by atoms with Crippen LogP contribution in [-0.2, 0) is 6.42 Å². The molecule has 1 N–H and O–H groups in total. The van der Waals surface area contributed by atoms with Gasteiger partial charge in [-0.25, -0.2) is 0 Å². The van der Waals surface area contributed by atoms with Crippen molar-refractivity contribution in [3.05, 3.63) is 40.4 Å². The molecule has 1 atom stereocenters. The van der Waals surface area contributed by atoms with Crippen molar-refractivity contribution in [2.45, 2.75) is 31.3 Å². The van der Waals surface area contributed by atoms with E-state index in [0.717, 1.165) is 35.0 Å². The molecule has 1 aromatic carbocycles. The molecule has 1 aromatic rings. The number of rotatable bonds is 3. The molecular formula is C14H17BrO2. The molecule has 1 aliphatic rings. The number of benzene rings is 1. The van der Waals surface area contributed by atoms with Crippen LogP contribution in [0, 0.1) is 0 Å². The smallest absolute Gasteiger partial charge is 0.119 e. The normalized spacial score (nSPS) is 23.7. The Morgan fingerprint density at radius 3 is 2.94 bits per heavy atom. The summed E-state index contributed by atoms with van der Waals surface area (Å²) in [5, 5.41) is 10.5. The maximum atomic E-state index is 10.5. The van der Waals surface area contributed by atoms with E-state index in [9.17, 15) is 5.11 Å². The minimum absolute atomic E-state index is 0.626. The van der Waals surface area contributed by atoms with Gasteiger partial charge in [0, 0.05) is 10.9 Å². The first kappa shape index (κ1) is 12.7. The minimum atomic E-state index is -0.701. The summed E-state index contributed by atoms with van der Waals surface area (Å²) in [5.41, 5.74) is 0.381. The zero-order chi connectivity index (χ0) is 12.3. The molecule has 17 heavy (non-hydrogen) atoms. The van der Waals surface area contributed by atoms with Crippen molar-refractivity contribution >= 4 is 15.9 Å². The molecule has 0 heterocycles. The molecule has 0 fully saturated rings. The van der Waals surface area contributed by atoms with Crippen molar-refractivity contribution in [3.8, 4) is 5.75 Å². The van der Waals surface area contributed by atoms with Crippen LogP contribution in [0.25, 0.3) is 0 Å². The van der Waals surface area contributed by atoms with Gasteiger partial charge in [0.2, 0.25) is 0 Å². The van der Waals surface area contributed by atoms with Crippen LogP contribution in [0.15, 0.2) is 34.8 Å². The molecule has 0 bridgehead atoms. The second-order valence-corrected chi connectivity index (χ2v) is 5.39. The Labute approximate surface area is 110 Å². The molecule has 0 saturated carbocycles. The van der Waals surface area contributed by atoms with Crippen molar-refractivity contribution in [1.82, 2.24) is 0 Å². The highest BCUT2D eigenvalue weighted by Gasteiger charge is 2.26. The van der Waals surface area contributed by atoms with Crippen LogP contribution in [0.3, 0.4) is 0 Å². The Kier molecular flexibility index (Phi) is 3.89. The average Bonchev–Trinajstić information content (AvgIpc) is 2.33. The number of halogens is 1. The fraction of sp³-hybridized carbons (Fsp3) is 0.429. The SMILES string of the molecule is COc1ccc(Br)c(CC2(O)C=CCCC2)c1. The monoisotopic (exact) mass is 296 g/mol. The van der Waals surface area contributed by atoms with E-state index in [-0.39, 0.29) is 0 Å². The van der Waals surface area contributed by atoms with Gasteiger partial charge in [-0.05, 0) is 43.0 Å². The van der Waals surface area contributed by atoms with E-state index in [0.29, 0.717) is 6.42 Å². The van der Waals surface area contributed by atoms with Crippen LogP contribution in [0.2, 0.25) is 0 Å². The highest BCUT2D eigenvalue weighted by atomic mass is 79.9. The van der Waals surface area contributed by atoms with Crippen molar-refractivity contribution < 1.29 is 9.84 Å². The first-order chi connectivity index (χ1) is 8.13. The van der Waals surface area contributed by atoms with Crippen molar-refractivity contribution in [3.63, 3.8) is 0 Å².